The average molecular weight is 778 g/mol. The van der Waals surface area contributed by atoms with Crippen LogP contribution in [0.25, 0.3) is 116 Å². The Labute approximate surface area is 351 Å². The molecule has 0 atom stereocenters. The van der Waals surface area contributed by atoms with Gasteiger partial charge in [-0.15, -0.1) is 0 Å². The molecular formula is C56H35N5. The number of hydrogen-bond acceptors (Lipinski definition) is 4. The minimum atomic E-state index is 0.628. The summed E-state index contributed by atoms with van der Waals surface area (Å²) in [5.74, 6) is 1.91. The molecule has 0 spiro atoms. The number of rotatable bonds is 6. The Balaban J connectivity index is 1.07. The molecule has 3 heterocycles. The van der Waals surface area contributed by atoms with E-state index in [1.54, 1.807) is 0 Å². The Hall–Kier alpha value is -8.28. The minimum Gasteiger partial charge on any atom is -0.309 e. The van der Waals surface area contributed by atoms with E-state index in [-0.39, 0.29) is 0 Å². The molecule has 5 nitrogen and oxygen atoms in total. The molecule has 9 aromatic carbocycles. The van der Waals surface area contributed by atoms with Crippen LogP contribution in [0, 0.1) is 0 Å². The van der Waals surface area contributed by atoms with E-state index in [0.717, 1.165) is 61.1 Å². The molecule has 0 unspecified atom stereocenters. The number of benzene rings is 9. The van der Waals surface area contributed by atoms with Gasteiger partial charge in [-0.1, -0.05) is 188 Å². The van der Waals surface area contributed by atoms with Crippen LogP contribution < -0.4 is 0 Å². The molecule has 0 aliphatic carbocycles. The fourth-order valence-electron chi connectivity index (χ4n) is 8.96. The summed E-state index contributed by atoms with van der Waals surface area (Å²) >= 11 is 0. The second kappa shape index (κ2) is 14.2. The minimum absolute atomic E-state index is 0.628. The first-order chi connectivity index (χ1) is 30.2. The van der Waals surface area contributed by atoms with Crippen LogP contribution in [-0.2, 0) is 0 Å². The lowest BCUT2D eigenvalue weighted by molar-refractivity contribution is 1.07. The van der Waals surface area contributed by atoms with Crippen LogP contribution in [0.1, 0.15) is 0 Å². The number of fused-ring (bicyclic) bond motifs is 8. The van der Waals surface area contributed by atoms with E-state index in [2.05, 4.69) is 156 Å². The molecule has 0 N–H and O–H groups in total. The van der Waals surface area contributed by atoms with E-state index in [1.165, 1.54) is 38.0 Å². The van der Waals surface area contributed by atoms with Gasteiger partial charge in [-0.25, -0.2) is 19.9 Å². The molecule has 0 bridgehead atoms. The summed E-state index contributed by atoms with van der Waals surface area (Å²) in [4.78, 5) is 20.4. The third-order valence-corrected chi connectivity index (χ3v) is 11.8. The Morgan fingerprint density at radius 1 is 0.328 bits per heavy atom. The van der Waals surface area contributed by atoms with Crippen molar-refractivity contribution in [1.29, 1.82) is 0 Å². The van der Waals surface area contributed by atoms with Crippen LogP contribution in [-0.4, -0.2) is 24.5 Å². The second-order valence-electron chi connectivity index (χ2n) is 15.4. The van der Waals surface area contributed by atoms with E-state index in [9.17, 15) is 0 Å². The van der Waals surface area contributed by atoms with E-state index in [4.69, 9.17) is 19.9 Å². The first-order valence-corrected chi connectivity index (χ1v) is 20.6. The summed E-state index contributed by atoms with van der Waals surface area (Å²) in [6.07, 6.45) is 0. The number of para-hydroxylation sites is 2. The van der Waals surface area contributed by atoms with Gasteiger partial charge in [0.2, 0.25) is 0 Å². The maximum Gasteiger partial charge on any atom is 0.164 e. The summed E-state index contributed by atoms with van der Waals surface area (Å²) in [6, 6.07) is 74.6. The average Bonchev–Trinajstić information content (AvgIpc) is 3.69. The summed E-state index contributed by atoms with van der Waals surface area (Å²) in [7, 11) is 0. The van der Waals surface area contributed by atoms with Gasteiger partial charge in [-0.2, -0.15) is 0 Å². The molecule has 0 amide bonds. The van der Waals surface area contributed by atoms with Crippen molar-refractivity contribution in [3.8, 4) is 62.2 Å². The quantitative estimate of drug-likeness (QED) is 0.158. The normalized spacial score (nSPS) is 11.6. The second-order valence-corrected chi connectivity index (χ2v) is 15.4. The van der Waals surface area contributed by atoms with Gasteiger partial charge in [0.1, 0.15) is 0 Å². The maximum absolute atomic E-state index is 5.58. The summed E-state index contributed by atoms with van der Waals surface area (Å²) in [6.45, 7) is 0. The van der Waals surface area contributed by atoms with Gasteiger partial charge >= 0.3 is 0 Å². The number of hydrogen-bond donors (Lipinski definition) is 0. The van der Waals surface area contributed by atoms with Gasteiger partial charge in [0.05, 0.1) is 22.2 Å². The Morgan fingerprint density at radius 3 is 1.56 bits per heavy atom. The molecule has 5 heteroatoms. The molecule has 284 valence electrons. The highest BCUT2D eigenvalue weighted by molar-refractivity contribution is 6.27. The monoisotopic (exact) mass is 777 g/mol. The van der Waals surface area contributed by atoms with E-state index >= 15 is 0 Å². The van der Waals surface area contributed by atoms with Gasteiger partial charge in [-0.3, -0.25) is 0 Å². The zero-order valence-electron chi connectivity index (χ0n) is 32.9. The molecule has 3 aromatic heterocycles. The Kier molecular flexibility index (Phi) is 8.10. The number of nitrogens with zero attached hydrogens (tertiary/aromatic N) is 5. The molecule has 0 aliphatic rings. The maximum atomic E-state index is 5.58. The molecule has 0 aliphatic heterocycles. The number of pyridine rings is 1. The molecule has 0 fully saturated rings. The van der Waals surface area contributed by atoms with Crippen LogP contribution in [0.2, 0.25) is 0 Å². The lowest BCUT2D eigenvalue weighted by Crippen LogP contribution is -2.00. The predicted molar refractivity (Wildman–Crippen MR) is 252 cm³/mol. The van der Waals surface area contributed by atoms with Crippen LogP contribution in [0.5, 0.6) is 0 Å². The molecular weight excluding hydrogens is 743 g/mol. The molecule has 0 radical (unpaired) electrons. The van der Waals surface area contributed by atoms with Crippen molar-refractivity contribution in [1.82, 2.24) is 24.5 Å². The van der Waals surface area contributed by atoms with Crippen molar-refractivity contribution in [3.63, 3.8) is 0 Å². The van der Waals surface area contributed by atoms with E-state index in [0.29, 0.717) is 17.5 Å². The van der Waals surface area contributed by atoms with E-state index in [1.807, 2.05) is 60.7 Å². The van der Waals surface area contributed by atoms with E-state index < -0.39 is 0 Å². The third-order valence-electron chi connectivity index (χ3n) is 11.8. The number of aromatic nitrogens is 5. The van der Waals surface area contributed by atoms with Crippen molar-refractivity contribution in [2.24, 2.45) is 0 Å². The highest BCUT2D eigenvalue weighted by Crippen LogP contribution is 2.44. The van der Waals surface area contributed by atoms with Gasteiger partial charge in [0.25, 0.3) is 0 Å². The van der Waals surface area contributed by atoms with Gasteiger partial charge < -0.3 is 4.57 Å². The molecule has 12 aromatic rings. The Morgan fingerprint density at radius 2 is 0.852 bits per heavy atom. The smallest absolute Gasteiger partial charge is 0.164 e. The Bertz CT molecular complexity index is 3550. The zero-order chi connectivity index (χ0) is 40.3. The lowest BCUT2D eigenvalue weighted by atomic mass is 9.93. The lowest BCUT2D eigenvalue weighted by Gasteiger charge is -2.16. The van der Waals surface area contributed by atoms with Crippen molar-refractivity contribution in [2.45, 2.75) is 0 Å². The largest absolute Gasteiger partial charge is 0.309 e. The van der Waals surface area contributed by atoms with Gasteiger partial charge in [0, 0.05) is 54.9 Å². The van der Waals surface area contributed by atoms with Crippen molar-refractivity contribution in [3.05, 3.63) is 212 Å². The highest BCUT2D eigenvalue weighted by atomic mass is 15.0. The van der Waals surface area contributed by atoms with Gasteiger partial charge in [-0.05, 0) is 46.2 Å². The van der Waals surface area contributed by atoms with Crippen LogP contribution in [0.4, 0.5) is 0 Å². The molecule has 0 saturated carbocycles. The summed E-state index contributed by atoms with van der Waals surface area (Å²) in [5, 5.41) is 8.22. The van der Waals surface area contributed by atoms with Crippen LogP contribution in [0.3, 0.4) is 0 Å². The fraction of sp³-hybridized carbons (Fsp3) is 0. The predicted octanol–water partition coefficient (Wildman–Crippen LogP) is 14.2. The SMILES string of the molecule is c1ccc(-c2nc(-c3ccccc3)nc(-c3ccc(-c4ccc5c(c4)nc(-c4cccc6ccccc46)c4ccc6c7ccccc7n(-c7ccccc7)c6c45)cc3)n2)cc1. The zero-order valence-corrected chi connectivity index (χ0v) is 32.9. The van der Waals surface area contributed by atoms with Crippen LogP contribution in [0.15, 0.2) is 212 Å². The third kappa shape index (κ3) is 5.86. The van der Waals surface area contributed by atoms with Crippen molar-refractivity contribution < 1.29 is 0 Å². The van der Waals surface area contributed by atoms with Crippen molar-refractivity contribution >= 4 is 54.3 Å². The molecule has 61 heavy (non-hydrogen) atoms. The molecule has 12 rings (SSSR count). The first-order valence-electron chi connectivity index (χ1n) is 20.6. The van der Waals surface area contributed by atoms with Gasteiger partial charge in [0.15, 0.2) is 17.5 Å². The van der Waals surface area contributed by atoms with Crippen LogP contribution >= 0.6 is 0 Å². The topological polar surface area (TPSA) is 56.5 Å². The fourth-order valence-corrected chi connectivity index (χ4v) is 8.96. The first kappa shape index (κ1) is 34.7. The summed E-state index contributed by atoms with van der Waals surface area (Å²) in [5.41, 5.74) is 11.5. The standard InChI is InChI=1S/C56H35N5/c1-4-16-38(17-5-1)54-58-55(39-18-6-2-7-19-39)60-56(59-54)40-29-27-36(28-30-40)41-31-32-47-49(35-41)57-52(45-25-14-20-37-15-10-11-23-43(37)45)48-34-33-46-44-24-12-13-26-50(44)61(53(46)51(47)48)42-21-8-3-9-22-42/h1-35H. The highest BCUT2D eigenvalue weighted by Gasteiger charge is 2.21. The summed E-state index contributed by atoms with van der Waals surface area (Å²) < 4.78 is 2.43. The molecule has 0 saturated heterocycles. The van der Waals surface area contributed by atoms with Crippen molar-refractivity contribution in [2.75, 3.05) is 0 Å².